The minimum Gasteiger partial charge on any atom is -0.217 e. The van der Waals surface area contributed by atoms with E-state index < -0.39 is 0 Å². The van der Waals surface area contributed by atoms with Crippen LogP contribution < -0.4 is 0 Å². The van der Waals surface area contributed by atoms with E-state index in [0.717, 1.165) is 6.42 Å². The molecular formula is C16H18N4S. The van der Waals surface area contributed by atoms with Crippen LogP contribution >= 0.6 is 11.3 Å². The summed E-state index contributed by atoms with van der Waals surface area (Å²) in [6, 6.07) is 6.21. The van der Waals surface area contributed by atoms with E-state index in [-0.39, 0.29) is 5.82 Å². The summed E-state index contributed by atoms with van der Waals surface area (Å²) >= 11 is 1.80. The first-order valence-corrected chi connectivity index (χ1v) is 7.99. The van der Waals surface area contributed by atoms with Crippen LogP contribution in [-0.2, 0) is 6.42 Å². The third kappa shape index (κ3) is 5.09. The molecule has 0 N–H and O–H groups in total. The van der Waals surface area contributed by atoms with E-state index in [4.69, 9.17) is 5.26 Å². The van der Waals surface area contributed by atoms with Crippen molar-refractivity contribution in [1.82, 2.24) is 15.0 Å². The summed E-state index contributed by atoms with van der Waals surface area (Å²) in [6.45, 7) is 2.23. The SMILES string of the molecule is CCCCCCc1ccc(C=Cc2ncnc(C#N)n2)s1. The van der Waals surface area contributed by atoms with Crippen LogP contribution in [0.15, 0.2) is 18.5 Å². The molecule has 0 aromatic carbocycles. The standard InChI is InChI=1S/C16H18N4S/c1-2-3-4-5-6-13-7-8-14(21-13)9-10-15-18-12-19-16(11-17)20-15/h7-10,12H,2-6H2,1H3. The highest BCUT2D eigenvalue weighted by Crippen LogP contribution is 2.21. The average Bonchev–Trinajstić information content (AvgIpc) is 2.98. The Hall–Kier alpha value is -2.06. The molecule has 4 nitrogen and oxygen atoms in total. The van der Waals surface area contributed by atoms with Crippen molar-refractivity contribution < 1.29 is 0 Å². The van der Waals surface area contributed by atoms with Crippen LogP contribution in [0.25, 0.3) is 12.2 Å². The molecule has 0 aliphatic rings. The number of unbranched alkanes of at least 4 members (excludes halogenated alkanes) is 3. The van der Waals surface area contributed by atoms with Crippen molar-refractivity contribution in [2.24, 2.45) is 0 Å². The van der Waals surface area contributed by atoms with Crippen molar-refractivity contribution in [2.75, 3.05) is 0 Å². The summed E-state index contributed by atoms with van der Waals surface area (Å²) in [4.78, 5) is 14.4. The Labute approximate surface area is 129 Å². The average molecular weight is 298 g/mol. The van der Waals surface area contributed by atoms with Crippen LogP contribution in [0.5, 0.6) is 0 Å². The Morgan fingerprint density at radius 3 is 2.90 bits per heavy atom. The van der Waals surface area contributed by atoms with Gasteiger partial charge in [0.05, 0.1) is 0 Å². The predicted molar refractivity (Wildman–Crippen MR) is 85.6 cm³/mol. The van der Waals surface area contributed by atoms with Crippen LogP contribution in [0, 0.1) is 11.3 Å². The number of rotatable bonds is 7. The number of aromatic nitrogens is 3. The van der Waals surface area contributed by atoms with Crippen LogP contribution in [-0.4, -0.2) is 15.0 Å². The molecule has 5 heteroatoms. The molecule has 2 aromatic heterocycles. The molecule has 2 heterocycles. The molecule has 0 unspecified atom stereocenters. The van der Waals surface area contributed by atoms with E-state index in [9.17, 15) is 0 Å². The molecule has 0 spiro atoms. The van der Waals surface area contributed by atoms with E-state index in [1.807, 2.05) is 18.2 Å². The van der Waals surface area contributed by atoms with Gasteiger partial charge in [0.1, 0.15) is 12.4 Å². The Kier molecular flexibility index (Phi) is 6.04. The van der Waals surface area contributed by atoms with Gasteiger partial charge < -0.3 is 0 Å². The third-order valence-corrected chi connectivity index (χ3v) is 4.16. The Bertz CT molecular complexity index is 640. The molecule has 21 heavy (non-hydrogen) atoms. The van der Waals surface area contributed by atoms with Crippen molar-refractivity contribution in [2.45, 2.75) is 39.0 Å². The van der Waals surface area contributed by atoms with E-state index in [1.54, 1.807) is 11.3 Å². The lowest BCUT2D eigenvalue weighted by Crippen LogP contribution is -1.93. The molecule has 0 radical (unpaired) electrons. The van der Waals surface area contributed by atoms with Crippen LogP contribution in [0.1, 0.15) is 54.0 Å². The van der Waals surface area contributed by atoms with Crippen molar-refractivity contribution in [3.8, 4) is 6.07 Å². The van der Waals surface area contributed by atoms with Gasteiger partial charge in [-0.2, -0.15) is 10.2 Å². The van der Waals surface area contributed by atoms with Gasteiger partial charge in [-0.05, 0) is 37.1 Å². The van der Waals surface area contributed by atoms with Gasteiger partial charge in [-0.15, -0.1) is 11.3 Å². The van der Waals surface area contributed by atoms with Crippen LogP contribution in [0.3, 0.4) is 0 Å². The normalized spacial score (nSPS) is 10.9. The smallest absolute Gasteiger partial charge is 0.217 e. The van der Waals surface area contributed by atoms with E-state index in [2.05, 4.69) is 34.0 Å². The first kappa shape index (κ1) is 15.3. The second-order valence-electron chi connectivity index (χ2n) is 4.73. The molecule has 0 atom stereocenters. The van der Waals surface area contributed by atoms with Gasteiger partial charge in [0.2, 0.25) is 5.82 Å². The second-order valence-corrected chi connectivity index (χ2v) is 5.93. The lowest BCUT2D eigenvalue weighted by Gasteiger charge is -1.96. The van der Waals surface area contributed by atoms with E-state index >= 15 is 0 Å². The minimum atomic E-state index is 0.146. The molecule has 0 bridgehead atoms. The molecule has 0 aliphatic carbocycles. The maximum atomic E-state index is 8.75. The van der Waals surface area contributed by atoms with Gasteiger partial charge in [0.15, 0.2) is 5.82 Å². The van der Waals surface area contributed by atoms with Gasteiger partial charge in [0, 0.05) is 9.75 Å². The van der Waals surface area contributed by atoms with Gasteiger partial charge in [-0.3, -0.25) is 0 Å². The maximum Gasteiger partial charge on any atom is 0.235 e. The molecule has 0 saturated carbocycles. The first-order valence-electron chi connectivity index (χ1n) is 7.17. The fraction of sp³-hybridized carbons (Fsp3) is 0.375. The minimum absolute atomic E-state index is 0.146. The van der Waals surface area contributed by atoms with Crippen molar-refractivity contribution in [3.63, 3.8) is 0 Å². The van der Waals surface area contributed by atoms with E-state index in [0.29, 0.717) is 5.82 Å². The topological polar surface area (TPSA) is 62.5 Å². The van der Waals surface area contributed by atoms with Crippen LogP contribution in [0.4, 0.5) is 0 Å². The van der Waals surface area contributed by atoms with Gasteiger partial charge in [0.25, 0.3) is 0 Å². The first-order chi connectivity index (χ1) is 10.3. The molecule has 0 aliphatic heterocycles. The third-order valence-electron chi connectivity index (χ3n) is 3.05. The summed E-state index contributed by atoms with van der Waals surface area (Å²) in [5.41, 5.74) is 0. The Morgan fingerprint density at radius 2 is 2.10 bits per heavy atom. The summed E-state index contributed by atoms with van der Waals surface area (Å²) in [6.07, 6.45) is 11.5. The summed E-state index contributed by atoms with van der Waals surface area (Å²) < 4.78 is 0. The Balaban J connectivity index is 1.92. The van der Waals surface area contributed by atoms with Crippen molar-refractivity contribution in [3.05, 3.63) is 39.9 Å². The number of hydrogen-bond donors (Lipinski definition) is 0. The largest absolute Gasteiger partial charge is 0.235 e. The molecule has 0 amide bonds. The fourth-order valence-corrected chi connectivity index (χ4v) is 2.90. The van der Waals surface area contributed by atoms with Gasteiger partial charge in [-0.25, -0.2) is 9.97 Å². The van der Waals surface area contributed by atoms with Crippen LogP contribution in [0.2, 0.25) is 0 Å². The highest BCUT2D eigenvalue weighted by atomic mass is 32.1. The summed E-state index contributed by atoms with van der Waals surface area (Å²) in [7, 11) is 0. The fourth-order valence-electron chi connectivity index (χ4n) is 1.94. The maximum absolute atomic E-state index is 8.75. The van der Waals surface area contributed by atoms with Crippen molar-refractivity contribution in [1.29, 1.82) is 5.26 Å². The summed E-state index contributed by atoms with van der Waals surface area (Å²) in [5.74, 6) is 0.659. The van der Waals surface area contributed by atoms with Crippen molar-refractivity contribution >= 4 is 23.5 Å². The molecule has 108 valence electrons. The number of aryl methyl sites for hydroxylation is 1. The molecule has 2 aromatic rings. The van der Waals surface area contributed by atoms with Gasteiger partial charge >= 0.3 is 0 Å². The highest BCUT2D eigenvalue weighted by Gasteiger charge is 1.99. The second kappa shape index (κ2) is 8.28. The van der Waals surface area contributed by atoms with E-state index in [1.165, 1.54) is 41.8 Å². The Morgan fingerprint density at radius 1 is 1.19 bits per heavy atom. The number of nitriles is 1. The predicted octanol–water partition coefficient (Wildman–Crippen LogP) is 4.10. The molecule has 0 saturated heterocycles. The zero-order chi connectivity index (χ0) is 14.9. The zero-order valence-electron chi connectivity index (χ0n) is 12.1. The highest BCUT2D eigenvalue weighted by molar-refractivity contribution is 7.12. The number of hydrogen-bond acceptors (Lipinski definition) is 5. The molecular weight excluding hydrogens is 280 g/mol. The molecule has 0 fully saturated rings. The van der Waals surface area contributed by atoms with Gasteiger partial charge in [-0.1, -0.05) is 26.2 Å². The number of thiophene rings is 1. The monoisotopic (exact) mass is 298 g/mol. The molecule has 2 rings (SSSR count). The quantitative estimate of drug-likeness (QED) is 0.722. The number of nitrogens with zero attached hydrogens (tertiary/aromatic N) is 4. The summed E-state index contributed by atoms with van der Waals surface area (Å²) in [5, 5.41) is 8.75. The zero-order valence-corrected chi connectivity index (χ0v) is 12.9. The lowest BCUT2D eigenvalue weighted by molar-refractivity contribution is 0.670. The lowest BCUT2D eigenvalue weighted by atomic mass is 10.1.